The van der Waals surface area contributed by atoms with Crippen LogP contribution < -0.4 is 5.32 Å². The smallest absolute Gasteiger partial charge is 0.251 e. The molecule has 0 aromatic heterocycles. The van der Waals surface area contributed by atoms with E-state index in [-0.39, 0.29) is 17.9 Å². The van der Waals surface area contributed by atoms with Crippen molar-refractivity contribution in [3.05, 3.63) is 0 Å². The van der Waals surface area contributed by atoms with Crippen LogP contribution in [0.2, 0.25) is 0 Å². The van der Waals surface area contributed by atoms with Crippen LogP contribution in [0.25, 0.3) is 0 Å². The van der Waals surface area contributed by atoms with Gasteiger partial charge in [-0.3, -0.25) is 4.79 Å². The number of aliphatic hydroxyl groups excluding tert-OH is 1. The predicted molar refractivity (Wildman–Crippen MR) is 62.1 cm³/mol. The van der Waals surface area contributed by atoms with Crippen LogP contribution in [0.1, 0.15) is 40.0 Å². The van der Waals surface area contributed by atoms with Crippen LogP contribution in [0.5, 0.6) is 0 Å². The highest BCUT2D eigenvalue weighted by atomic mass is 16.5. The first-order chi connectivity index (χ1) is 7.40. The Morgan fingerprint density at radius 3 is 2.75 bits per heavy atom. The van der Waals surface area contributed by atoms with E-state index >= 15 is 0 Å². The molecule has 2 N–H and O–H groups in total. The van der Waals surface area contributed by atoms with Crippen molar-refractivity contribution < 1.29 is 14.6 Å². The van der Waals surface area contributed by atoms with E-state index in [0.29, 0.717) is 19.6 Å². The molecule has 0 saturated carbocycles. The fraction of sp³-hybridized carbons (Fsp3) is 0.917. The van der Waals surface area contributed by atoms with Crippen LogP contribution >= 0.6 is 0 Å². The molecule has 1 unspecified atom stereocenters. The fourth-order valence-electron chi connectivity index (χ4n) is 1.86. The lowest BCUT2D eigenvalue weighted by Gasteiger charge is -2.27. The van der Waals surface area contributed by atoms with Crippen LogP contribution in [0, 0.1) is 5.41 Å². The van der Waals surface area contributed by atoms with Crippen LogP contribution in [-0.4, -0.2) is 36.4 Å². The molecular weight excluding hydrogens is 206 g/mol. The first-order valence-electron chi connectivity index (χ1n) is 5.93. The van der Waals surface area contributed by atoms with Crippen molar-refractivity contribution in [1.82, 2.24) is 5.32 Å². The van der Waals surface area contributed by atoms with Gasteiger partial charge in [0.25, 0.3) is 5.91 Å². The first kappa shape index (κ1) is 13.5. The maximum absolute atomic E-state index is 11.9. The van der Waals surface area contributed by atoms with Gasteiger partial charge in [0.05, 0.1) is 0 Å². The van der Waals surface area contributed by atoms with Gasteiger partial charge in [0.15, 0.2) is 0 Å². The lowest BCUT2D eigenvalue weighted by Crippen LogP contribution is -2.47. The standard InChI is InChI=1S/C12H23NO3/c1-11(2,6-7-14)9-13-10(15)12(3)5-4-8-16-12/h14H,4-9H2,1-3H3,(H,13,15). The number of nitrogens with one attached hydrogen (secondary N) is 1. The van der Waals surface area contributed by atoms with Crippen molar-refractivity contribution in [1.29, 1.82) is 0 Å². The molecule has 0 aliphatic carbocycles. The van der Waals surface area contributed by atoms with Gasteiger partial charge >= 0.3 is 0 Å². The summed E-state index contributed by atoms with van der Waals surface area (Å²) < 4.78 is 5.47. The van der Waals surface area contributed by atoms with Gasteiger partial charge in [-0.2, -0.15) is 0 Å². The molecule has 94 valence electrons. The molecule has 16 heavy (non-hydrogen) atoms. The van der Waals surface area contributed by atoms with E-state index in [1.54, 1.807) is 0 Å². The highest BCUT2D eigenvalue weighted by Crippen LogP contribution is 2.26. The highest BCUT2D eigenvalue weighted by molar-refractivity contribution is 5.85. The summed E-state index contributed by atoms with van der Waals surface area (Å²) in [5.74, 6) is -0.0315. The maximum atomic E-state index is 11.9. The summed E-state index contributed by atoms with van der Waals surface area (Å²) in [6.45, 7) is 7.29. The number of rotatable bonds is 5. The third-order valence-electron chi connectivity index (χ3n) is 3.22. The van der Waals surface area contributed by atoms with Gasteiger partial charge in [-0.25, -0.2) is 0 Å². The molecule has 0 bridgehead atoms. The summed E-state index contributed by atoms with van der Waals surface area (Å²) in [4.78, 5) is 11.9. The van der Waals surface area contributed by atoms with E-state index < -0.39 is 5.60 Å². The van der Waals surface area contributed by atoms with Gasteiger partial charge in [0, 0.05) is 19.8 Å². The molecule has 4 nitrogen and oxygen atoms in total. The van der Waals surface area contributed by atoms with Gasteiger partial charge < -0.3 is 15.2 Å². The molecule has 1 heterocycles. The second-order valence-corrected chi connectivity index (χ2v) is 5.50. The lowest BCUT2D eigenvalue weighted by atomic mass is 9.89. The van der Waals surface area contributed by atoms with Crippen LogP contribution in [0.3, 0.4) is 0 Å². The quantitative estimate of drug-likeness (QED) is 0.741. The average Bonchev–Trinajstić information content (AvgIpc) is 2.63. The van der Waals surface area contributed by atoms with Crippen LogP contribution in [-0.2, 0) is 9.53 Å². The molecule has 4 heteroatoms. The molecule has 1 fully saturated rings. The Kier molecular flexibility index (Phi) is 4.33. The minimum atomic E-state index is -0.644. The molecule has 0 spiro atoms. The van der Waals surface area contributed by atoms with E-state index in [0.717, 1.165) is 12.8 Å². The van der Waals surface area contributed by atoms with Crippen molar-refractivity contribution in [2.75, 3.05) is 19.8 Å². The molecule has 0 aromatic carbocycles. The van der Waals surface area contributed by atoms with Gasteiger partial charge in [0.2, 0.25) is 0 Å². The first-order valence-corrected chi connectivity index (χ1v) is 5.93. The molecule has 1 amide bonds. The number of amides is 1. The lowest BCUT2D eigenvalue weighted by molar-refractivity contribution is -0.140. The van der Waals surface area contributed by atoms with Gasteiger partial charge in [-0.1, -0.05) is 13.8 Å². The molecule has 1 rings (SSSR count). The molecule has 1 atom stereocenters. The average molecular weight is 229 g/mol. The molecular formula is C12H23NO3. The SMILES string of the molecule is CC(C)(CCO)CNC(=O)C1(C)CCCO1. The Morgan fingerprint density at radius 2 is 2.25 bits per heavy atom. The topological polar surface area (TPSA) is 58.6 Å². The second kappa shape index (κ2) is 5.15. The van der Waals surface area contributed by atoms with Crippen LogP contribution in [0.15, 0.2) is 0 Å². The molecule has 1 saturated heterocycles. The zero-order chi connectivity index (χ0) is 12.2. The molecule has 0 radical (unpaired) electrons. The van der Waals surface area contributed by atoms with Crippen molar-refractivity contribution in [2.24, 2.45) is 5.41 Å². The van der Waals surface area contributed by atoms with E-state index in [2.05, 4.69) is 5.32 Å². The predicted octanol–water partition coefficient (Wildman–Crippen LogP) is 1.08. The highest BCUT2D eigenvalue weighted by Gasteiger charge is 2.38. The summed E-state index contributed by atoms with van der Waals surface area (Å²) >= 11 is 0. The monoisotopic (exact) mass is 229 g/mol. The summed E-state index contributed by atoms with van der Waals surface area (Å²) in [7, 11) is 0. The number of hydrogen-bond donors (Lipinski definition) is 2. The van der Waals surface area contributed by atoms with E-state index in [1.807, 2.05) is 20.8 Å². The van der Waals surface area contributed by atoms with Crippen molar-refractivity contribution in [3.63, 3.8) is 0 Å². The van der Waals surface area contributed by atoms with Crippen molar-refractivity contribution >= 4 is 5.91 Å². The minimum Gasteiger partial charge on any atom is -0.396 e. The zero-order valence-corrected chi connectivity index (χ0v) is 10.5. The number of carbonyl (C=O) groups excluding carboxylic acids is 1. The summed E-state index contributed by atoms with van der Waals surface area (Å²) in [6, 6.07) is 0. The second-order valence-electron chi connectivity index (χ2n) is 5.50. The minimum absolute atomic E-state index is 0.0315. The number of ether oxygens (including phenoxy) is 1. The Balaban J connectivity index is 2.40. The van der Waals surface area contributed by atoms with Gasteiger partial charge in [0.1, 0.15) is 5.60 Å². The summed E-state index contributed by atoms with van der Waals surface area (Å²) in [5, 5.41) is 11.8. The third kappa shape index (κ3) is 3.46. The zero-order valence-electron chi connectivity index (χ0n) is 10.5. The molecule has 1 aliphatic rings. The third-order valence-corrected chi connectivity index (χ3v) is 3.22. The Labute approximate surface area is 97.4 Å². The van der Waals surface area contributed by atoms with E-state index in [9.17, 15) is 4.79 Å². The summed E-state index contributed by atoms with van der Waals surface area (Å²) in [5.41, 5.74) is -0.714. The Hall–Kier alpha value is -0.610. The largest absolute Gasteiger partial charge is 0.396 e. The van der Waals surface area contributed by atoms with Crippen molar-refractivity contribution in [3.8, 4) is 0 Å². The number of carbonyl (C=O) groups is 1. The number of hydrogen-bond acceptors (Lipinski definition) is 3. The normalized spacial score (nSPS) is 25.8. The summed E-state index contributed by atoms with van der Waals surface area (Å²) in [6.07, 6.45) is 2.42. The molecule has 1 aliphatic heterocycles. The Bertz CT molecular complexity index is 245. The van der Waals surface area contributed by atoms with Crippen LogP contribution in [0.4, 0.5) is 0 Å². The van der Waals surface area contributed by atoms with E-state index in [4.69, 9.17) is 9.84 Å². The van der Waals surface area contributed by atoms with Gasteiger partial charge in [-0.15, -0.1) is 0 Å². The Morgan fingerprint density at radius 1 is 1.56 bits per heavy atom. The van der Waals surface area contributed by atoms with Crippen molar-refractivity contribution in [2.45, 2.75) is 45.6 Å². The van der Waals surface area contributed by atoms with E-state index in [1.165, 1.54) is 0 Å². The molecule has 0 aromatic rings. The maximum Gasteiger partial charge on any atom is 0.251 e. The number of aliphatic hydroxyl groups is 1. The fourth-order valence-corrected chi connectivity index (χ4v) is 1.86. The van der Waals surface area contributed by atoms with Gasteiger partial charge in [-0.05, 0) is 31.6 Å².